The first-order valence-corrected chi connectivity index (χ1v) is 5.74. The molecule has 0 amide bonds. The SMILES string of the molecule is CCC(C)c1ccc(-c2cc(C)no2)cc1. The summed E-state index contributed by atoms with van der Waals surface area (Å²) in [6.07, 6.45) is 1.17. The minimum absolute atomic E-state index is 0.616. The summed E-state index contributed by atoms with van der Waals surface area (Å²) in [5.74, 6) is 1.46. The van der Waals surface area contributed by atoms with E-state index in [1.54, 1.807) is 0 Å². The fourth-order valence-electron chi connectivity index (χ4n) is 1.71. The monoisotopic (exact) mass is 215 g/mol. The van der Waals surface area contributed by atoms with Gasteiger partial charge in [0.25, 0.3) is 0 Å². The van der Waals surface area contributed by atoms with Crippen molar-refractivity contribution in [3.8, 4) is 11.3 Å². The average Bonchev–Trinajstić information content (AvgIpc) is 2.75. The number of hydrogen-bond donors (Lipinski definition) is 0. The molecule has 0 saturated heterocycles. The zero-order valence-corrected chi connectivity index (χ0v) is 10.0. The van der Waals surface area contributed by atoms with E-state index in [1.807, 2.05) is 13.0 Å². The number of nitrogens with zero attached hydrogens (tertiary/aromatic N) is 1. The van der Waals surface area contributed by atoms with E-state index in [-0.39, 0.29) is 0 Å². The molecule has 1 aromatic heterocycles. The summed E-state index contributed by atoms with van der Waals surface area (Å²) in [5.41, 5.74) is 3.39. The Hall–Kier alpha value is -1.57. The molecule has 0 fully saturated rings. The van der Waals surface area contributed by atoms with Crippen LogP contribution in [0.2, 0.25) is 0 Å². The van der Waals surface area contributed by atoms with Gasteiger partial charge in [-0.05, 0) is 24.8 Å². The van der Waals surface area contributed by atoms with Crippen LogP contribution in [0, 0.1) is 6.92 Å². The Bertz CT molecular complexity index is 456. The molecular formula is C14H17NO. The smallest absolute Gasteiger partial charge is 0.167 e. The van der Waals surface area contributed by atoms with Crippen LogP contribution in [0.3, 0.4) is 0 Å². The van der Waals surface area contributed by atoms with Crippen molar-refractivity contribution < 1.29 is 4.52 Å². The standard InChI is InChI=1S/C14H17NO/c1-4-10(2)12-5-7-13(8-6-12)14-9-11(3)15-16-14/h5-10H,4H2,1-3H3. The molecule has 2 aromatic rings. The van der Waals surface area contributed by atoms with Crippen LogP contribution in [-0.2, 0) is 0 Å². The molecule has 0 spiro atoms. The first kappa shape index (κ1) is 10.9. The molecule has 84 valence electrons. The fourth-order valence-corrected chi connectivity index (χ4v) is 1.71. The van der Waals surface area contributed by atoms with E-state index in [2.05, 4.69) is 43.3 Å². The molecule has 1 heterocycles. The summed E-state index contributed by atoms with van der Waals surface area (Å²) >= 11 is 0. The van der Waals surface area contributed by atoms with Crippen LogP contribution in [0.5, 0.6) is 0 Å². The summed E-state index contributed by atoms with van der Waals surface area (Å²) in [5, 5.41) is 3.89. The molecule has 0 N–H and O–H groups in total. The predicted octanol–water partition coefficient (Wildman–Crippen LogP) is 4.16. The largest absolute Gasteiger partial charge is 0.356 e. The van der Waals surface area contributed by atoms with Crippen molar-refractivity contribution in [3.63, 3.8) is 0 Å². The molecule has 0 aliphatic carbocycles. The summed E-state index contributed by atoms with van der Waals surface area (Å²) in [7, 11) is 0. The molecule has 1 aromatic carbocycles. The van der Waals surface area contributed by atoms with Crippen LogP contribution in [0.1, 0.15) is 37.4 Å². The van der Waals surface area contributed by atoms with Crippen LogP contribution in [0.4, 0.5) is 0 Å². The first-order valence-electron chi connectivity index (χ1n) is 5.74. The van der Waals surface area contributed by atoms with Gasteiger partial charge in [0.05, 0.1) is 5.69 Å². The van der Waals surface area contributed by atoms with E-state index in [0.29, 0.717) is 5.92 Å². The molecule has 0 aliphatic heterocycles. The van der Waals surface area contributed by atoms with E-state index in [1.165, 1.54) is 12.0 Å². The van der Waals surface area contributed by atoms with Crippen LogP contribution in [0.15, 0.2) is 34.9 Å². The van der Waals surface area contributed by atoms with Crippen molar-refractivity contribution in [1.29, 1.82) is 0 Å². The maximum Gasteiger partial charge on any atom is 0.167 e. The third-order valence-electron chi connectivity index (χ3n) is 3.00. The molecular weight excluding hydrogens is 198 g/mol. The number of benzene rings is 1. The predicted molar refractivity (Wildman–Crippen MR) is 65.4 cm³/mol. The Balaban J connectivity index is 2.25. The first-order chi connectivity index (χ1) is 7.70. The second-order valence-corrected chi connectivity index (χ2v) is 4.26. The molecule has 0 saturated carbocycles. The molecule has 2 heteroatoms. The molecule has 0 radical (unpaired) electrons. The second kappa shape index (κ2) is 4.52. The molecule has 2 nitrogen and oxygen atoms in total. The lowest BCUT2D eigenvalue weighted by molar-refractivity contribution is 0.427. The normalized spacial score (nSPS) is 12.7. The Morgan fingerprint density at radius 3 is 2.44 bits per heavy atom. The van der Waals surface area contributed by atoms with Crippen LogP contribution in [-0.4, -0.2) is 5.16 Å². The minimum Gasteiger partial charge on any atom is -0.356 e. The van der Waals surface area contributed by atoms with Crippen LogP contribution < -0.4 is 0 Å². The molecule has 2 rings (SSSR count). The third kappa shape index (κ3) is 2.16. The lowest BCUT2D eigenvalue weighted by atomic mass is 9.97. The highest BCUT2D eigenvalue weighted by atomic mass is 16.5. The maximum absolute atomic E-state index is 5.23. The van der Waals surface area contributed by atoms with Gasteiger partial charge in [0.2, 0.25) is 0 Å². The summed E-state index contributed by atoms with van der Waals surface area (Å²) in [6, 6.07) is 10.5. The summed E-state index contributed by atoms with van der Waals surface area (Å²) in [4.78, 5) is 0. The average molecular weight is 215 g/mol. The molecule has 1 unspecified atom stereocenters. The van der Waals surface area contributed by atoms with Gasteiger partial charge in [-0.2, -0.15) is 0 Å². The number of aromatic nitrogens is 1. The van der Waals surface area contributed by atoms with Crippen LogP contribution in [0.25, 0.3) is 11.3 Å². The highest BCUT2D eigenvalue weighted by Gasteiger charge is 2.06. The minimum atomic E-state index is 0.616. The van der Waals surface area contributed by atoms with Gasteiger partial charge < -0.3 is 4.52 Å². The summed E-state index contributed by atoms with van der Waals surface area (Å²) < 4.78 is 5.23. The van der Waals surface area contributed by atoms with Gasteiger partial charge in [-0.1, -0.05) is 43.3 Å². The fraction of sp³-hybridized carbons (Fsp3) is 0.357. The molecule has 1 atom stereocenters. The van der Waals surface area contributed by atoms with Gasteiger partial charge in [-0.25, -0.2) is 0 Å². The Morgan fingerprint density at radius 2 is 1.94 bits per heavy atom. The molecule has 0 bridgehead atoms. The van der Waals surface area contributed by atoms with Gasteiger partial charge in [0.15, 0.2) is 5.76 Å². The highest BCUT2D eigenvalue weighted by molar-refractivity contribution is 5.57. The third-order valence-corrected chi connectivity index (χ3v) is 3.00. The van der Waals surface area contributed by atoms with Crippen molar-refractivity contribution >= 4 is 0 Å². The lowest BCUT2D eigenvalue weighted by Gasteiger charge is -2.08. The van der Waals surface area contributed by atoms with E-state index < -0.39 is 0 Å². The van der Waals surface area contributed by atoms with Crippen molar-refractivity contribution in [2.75, 3.05) is 0 Å². The van der Waals surface area contributed by atoms with Gasteiger partial charge in [-0.15, -0.1) is 0 Å². The van der Waals surface area contributed by atoms with E-state index >= 15 is 0 Å². The van der Waals surface area contributed by atoms with Gasteiger partial charge in [0, 0.05) is 11.6 Å². The van der Waals surface area contributed by atoms with Crippen molar-refractivity contribution in [2.45, 2.75) is 33.1 Å². The van der Waals surface area contributed by atoms with Gasteiger partial charge in [-0.3, -0.25) is 0 Å². The van der Waals surface area contributed by atoms with E-state index in [9.17, 15) is 0 Å². The van der Waals surface area contributed by atoms with Crippen molar-refractivity contribution in [2.24, 2.45) is 0 Å². The Labute approximate surface area is 96.3 Å². The molecule has 16 heavy (non-hydrogen) atoms. The second-order valence-electron chi connectivity index (χ2n) is 4.26. The quantitative estimate of drug-likeness (QED) is 0.768. The van der Waals surface area contributed by atoms with Gasteiger partial charge in [0.1, 0.15) is 0 Å². The number of hydrogen-bond acceptors (Lipinski definition) is 2. The van der Waals surface area contributed by atoms with Crippen molar-refractivity contribution in [3.05, 3.63) is 41.6 Å². The van der Waals surface area contributed by atoms with Crippen molar-refractivity contribution in [1.82, 2.24) is 5.16 Å². The van der Waals surface area contributed by atoms with Crippen LogP contribution >= 0.6 is 0 Å². The summed E-state index contributed by atoms with van der Waals surface area (Å²) in [6.45, 7) is 6.38. The number of rotatable bonds is 3. The zero-order chi connectivity index (χ0) is 11.5. The topological polar surface area (TPSA) is 26.0 Å². The van der Waals surface area contributed by atoms with E-state index in [0.717, 1.165) is 17.0 Å². The van der Waals surface area contributed by atoms with Gasteiger partial charge >= 0.3 is 0 Å². The maximum atomic E-state index is 5.23. The lowest BCUT2D eigenvalue weighted by Crippen LogP contribution is -1.90. The zero-order valence-electron chi connectivity index (χ0n) is 10.0. The Kier molecular flexibility index (Phi) is 3.09. The molecule has 0 aliphatic rings. The van der Waals surface area contributed by atoms with E-state index in [4.69, 9.17) is 4.52 Å². The number of aryl methyl sites for hydroxylation is 1. The highest BCUT2D eigenvalue weighted by Crippen LogP contribution is 2.24. The Morgan fingerprint density at radius 1 is 1.25 bits per heavy atom.